The van der Waals surface area contributed by atoms with Gasteiger partial charge in [0.25, 0.3) is 0 Å². The first kappa shape index (κ1) is 7.98. The van der Waals surface area contributed by atoms with Crippen molar-refractivity contribution in [2.75, 3.05) is 40.3 Å². The van der Waals surface area contributed by atoms with Gasteiger partial charge in [-0.25, -0.2) is 0 Å². The molecule has 2 N–H and O–H groups in total. The predicted molar refractivity (Wildman–Crippen MR) is 43.0 cm³/mol. The van der Waals surface area contributed by atoms with Crippen LogP contribution in [0.15, 0.2) is 0 Å². The van der Waals surface area contributed by atoms with E-state index in [1.165, 1.54) is 13.1 Å². The summed E-state index contributed by atoms with van der Waals surface area (Å²) in [6, 6.07) is 0.758. The Kier molecular flexibility index (Phi) is 2.65. The van der Waals surface area contributed by atoms with Gasteiger partial charge >= 0.3 is 0 Å². The zero-order valence-corrected chi connectivity index (χ0v) is 6.88. The van der Waals surface area contributed by atoms with Gasteiger partial charge in [0.15, 0.2) is 0 Å². The third-order valence-electron chi connectivity index (χ3n) is 2.15. The maximum Gasteiger partial charge on any atom is 0.0347 e. The van der Waals surface area contributed by atoms with E-state index in [0.29, 0.717) is 0 Å². The van der Waals surface area contributed by atoms with E-state index in [0.717, 1.165) is 19.1 Å². The van der Waals surface area contributed by atoms with Crippen LogP contribution in [0.25, 0.3) is 0 Å². The van der Waals surface area contributed by atoms with Gasteiger partial charge in [0, 0.05) is 32.2 Å². The SMILES string of the molecule is CN1CC(N(C)CCN)C1. The molecule has 60 valence electrons. The maximum absolute atomic E-state index is 5.43. The Balaban J connectivity index is 2.11. The zero-order chi connectivity index (χ0) is 7.56. The fourth-order valence-electron chi connectivity index (χ4n) is 1.33. The van der Waals surface area contributed by atoms with Crippen LogP contribution in [0.5, 0.6) is 0 Å². The van der Waals surface area contributed by atoms with Crippen LogP contribution in [0, 0.1) is 0 Å². The highest BCUT2D eigenvalue weighted by molar-refractivity contribution is 4.84. The molecule has 0 saturated carbocycles. The van der Waals surface area contributed by atoms with Gasteiger partial charge in [-0.2, -0.15) is 0 Å². The van der Waals surface area contributed by atoms with Crippen LogP contribution < -0.4 is 5.73 Å². The fraction of sp³-hybridized carbons (Fsp3) is 1.00. The van der Waals surface area contributed by atoms with Crippen LogP contribution in [0.1, 0.15) is 0 Å². The minimum Gasteiger partial charge on any atom is -0.329 e. The van der Waals surface area contributed by atoms with Crippen LogP contribution in [0.2, 0.25) is 0 Å². The smallest absolute Gasteiger partial charge is 0.0347 e. The lowest BCUT2D eigenvalue weighted by molar-refractivity contribution is 0.0727. The summed E-state index contributed by atoms with van der Waals surface area (Å²) in [4.78, 5) is 4.65. The second-order valence-corrected chi connectivity index (χ2v) is 3.14. The van der Waals surface area contributed by atoms with Crippen LogP contribution in [-0.4, -0.2) is 56.1 Å². The molecule has 1 aliphatic rings. The normalized spacial score (nSPS) is 21.6. The van der Waals surface area contributed by atoms with Gasteiger partial charge in [0.1, 0.15) is 0 Å². The zero-order valence-electron chi connectivity index (χ0n) is 6.88. The summed E-state index contributed by atoms with van der Waals surface area (Å²) in [6.07, 6.45) is 0. The molecule has 0 unspecified atom stereocenters. The molecule has 0 amide bonds. The second kappa shape index (κ2) is 3.32. The summed E-state index contributed by atoms with van der Waals surface area (Å²) in [5.41, 5.74) is 5.43. The monoisotopic (exact) mass is 143 g/mol. The van der Waals surface area contributed by atoms with Crippen molar-refractivity contribution in [3.05, 3.63) is 0 Å². The van der Waals surface area contributed by atoms with E-state index in [4.69, 9.17) is 5.73 Å². The average Bonchev–Trinajstić information content (AvgIpc) is 1.82. The van der Waals surface area contributed by atoms with Gasteiger partial charge in [-0.3, -0.25) is 4.90 Å². The Morgan fingerprint density at radius 1 is 1.60 bits per heavy atom. The lowest BCUT2D eigenvalue weighted by Crippen LogP contribution is -2.57. The number of rotatable bonds is 3. The molecular formula is C7H17N3. The van der Waals surface area contributed by atoms with E-state index in [9.17, 15) is 0 Å². The molecule has 3 heteroatoms. The summed E-state index contributed by atoms with van der Waals surface area (Å²) in [5, 5.41) is 0. The van der Waals surface area contributed by atoms with Crippen molar-refractivity contribution >= 4 is 0 Å². The van der Waals surface area contributed by atoms with E-state index in [2.05, 4.69) is 23.9 Å². The van der Waals surface area contributed by atoms with Crippen LogP contribution >= 0.6 is 0 Å². The van der Waals surface area contributed by atoms with Crippen molar-refractivity contribution < 1.29 is 0 Å². The quantitative estimate of drug-likeness (QED) is 0.561. The van der Waals surface area contributed by atoms with E-state index in [1.807, 2.05) is 0 Å². The largest absolute Gasteiger partial charge is 0.329 e. The number of likely N-dealkylation sites (tertiary alicyclic amines) is 1. The van der Waals surface area contributed by atoms with Gasteiger partial charge in [-0.15, -0.1) is 0 Å². The molecule has 0 atom stereocenters. The van der Waals surface area contributed by atoms with Gasteiger partial charge in [0.05, 0.1) is 0 Å². The molecule has 0 aromatic carbocycles. The average molecular weight is 143 g/mol. The number of likely N-dealkylation sites (N-methyl/N-ethyl adjacent to an activating group) is 2. The molecule has 0 spiro atoms. The van der Waals surface area contributed by atoms with Crippen LogP contribution in [-0.2, 0) is 0 Å². The van der Waals surface area contributed by atoms with Crippen LogP contribution in [0.4, 0.5) is 0 Å². The summed E-state index contributed by atoms with van der Waals surface area (Å²) in [7, 11) is 4.29. The minimum absolute atomic E-state index is 0.758. The molecule has 0 bridgehead atoms. The second-order valence-electron chi connectivity index (χ2n) is 3.14. The molecule has 1 rings (SSSR count). The van der Waals surface area contributed by atoms with Crippen molar-refractivity contribution in [1.82, 2.24) is 9.80 Å². The first-order chi connectivity index (χ1) is 4.74. The van der Waals surface area contributed by atoms with E-state index >= 15 is 0 Å². The molecular weight excluding hydrogens is 126 g/mol. The lowest BCUT2D eigenvalue weighted by Gasteiger charge is -2.41. The first-order valence-electron chi connectivity index (χ1n) is 3.83. The number of nitrogens with two attached hydrogens (primary N) is 1. The standard InChI is InChI=1S/C7H17N3/c1-9-5-7(6-9)10(2)4-3-8/h7H,3-6,8H2,1-2H3. The Hall–Kier alpha value is -0.120. The van der Waals surface area contributed by atoms with Crippen molar-refractivity contribution in [2.24, 2.45) is 5.73 Å². The third-order valence-corrected chi connectivity index (χ3v) is 2.15. The van der Waals surface area contributed by atoms with E-state index in [-0.39, 0.29) is 0 Å². The summed E-state index contributed by atoms with van der Waals surface area (Å²) in [6.45, 7) is 4.21. The molecule has 0 aromatic rings. The lowest BCUT2D eigenvalue weighted by atomic mass is 10.1. The van der Waals surface area contributed by atoms with Gasteiger partial charge in [-0.1, -0.05) is 0 Å². The maximum atomic E-state index is 5.43. The van der Waals surface area contributed by atoms with Crippen molar-refractivity contribution in [3.63, 3.8) is 0 Å². The third kappa shape index (κ3) is 1.68. The van der Waals surface area contributed by atoms with Crippen molar-refractivity contribution in [2.45, 2.75) is 6.04 Å². The van der Waals surface area contributed by atoms with Gasteiger partial charge < -0.3 is 10.6 Å². The first-order valence-corrected chi connectivity index (χ1v) is 3.83. The number of nitrogens with zero attached hydrogens (tertiary/aromatic N) is 2. The highest BCUT2D eigenvalue weighted by atomic mass is 15.3. The Morgan fingerprint density at radius 3 is 2.60 bits per heavy atom. The topological polar surface area (TPSA) is 32.5 Å². The fourth-order valence-corrected chi connectivity index (χ4v) is 1.33. The summed E-state index contributed by atoms with van der Waals surface area (Å²) < 4.78 is 0. The molecule has 3 nitrogen and oxygen atoms in total. The molecule has 10 heavy (non-hydrogen) atoms. The molecule has 0 aromatic heterocycles. The van der Waals surface area contributed by atoms with E-state index < -0.39 is 0 Å². The predicted octanol–water partition coefficient (Wildman–Crippen LogP) is -0.809. The molecule has 1 saturated heterocycles. The van der Waals surface area contributed by atoms with Crippen molar-refractivity contribution in [1.29, 1.82) is 0 Å². The number of hydrogen-bond donors (Lipinski definition) is 1. The molecule has 1 heterocycles. The minimum atomic E-state index is 0.758. The van der Waals surface area contributed by atoms with E-state index in [1.54, 1.807) is 0 Å². The summed E-state index contributed by atoms with van der Waals surface area (Å²) >= 11 is 0. The van der Waals surface area contributed by atoms with Gasteiger partial charge in [-0.05, 0) is 14.1 Å². The Labute approximate surface area is 62.8 Å². The molecule has 1 fully saturated rings. The molecule has 0 aliphatic carbocycles. The summed E-state index contributed by atoms with van der Waals surface area (Å²) in [5.74, 6) is 0. The number of hydrogen-bond acceptors (Lipinski definition) is 3. The van der Waals surface area contributed by atoms with Gasteiger partial charge in [0.2, 0.25) is 0 Å². The van der Waals surface area contributed by atoms with Crippen molar-refractivity contribution in [3.8, 4) is 0 Å². The molecule has 1 aliphatic heterocycles. The highest BCUT2D eigenvalue weighted by Crippen LogP contribution is 2.09. The van der Waals surface area contributed by atoms with Crippen LogP contribution in [0.3, 0.4) is 0 Å². The highest BCUT2D eigenvalue weighted by Gasteiger charge is 2.25. The Bertz CT molecular complexity index is 96.3. The Morgan fingerprint density at radius 2 is 2.20 bits per heavy atom. The molecule has 0 radical (unpaired) electrons.